The maximum absolute atomic E-state index is 9.26. The van der Waals surface area contributed by atoms with Gasteiger partial charge in [0.05, 0.1) is 6.61 Å². The molecule has 0 saturated carbocycles. The van der Waals surface area contributed by atoms with Crippen molar-refractivity contribution in [3.8, 4) is 0 Å². The van der Waals surface area contributed by atoms with Gasteiger partial charge in [-0.1, -0.05) is 34.6 Å². The van der Waals surface area contributed by atoms with Crippen molar-refractivity contribution in [2.24, 2.45) is 5.92 Å². The molecule has 2 N–H and O–H groups in total. The number of aliphatic hydroxyl groups excluding tert-OH is 1. The third-order valence-electron chi connectivity index (χ3n) is 2.65. The fraction of sp³-hybridized carbons (Fsp3) is 1.00. The third kappa shape index (κ3) is 8.08. The maximum Gasteiger partial charge on any atom is 0.0585 e. The predicted molar refractivity (Wildman–Crippen MR) is 70.7 cm³/mol. The van der Waals surface area contributed by atoms with Crippen LogP contribution in [0.2, 0.25) is 0 Å². The molecule has 0 aromatic heterocycles. The molecule has 3 heteroatoms. The summed E-state index contributed by atoms with van der Waals surface area (Å²) in [5.74, 6) is 0.714. The molecule has 0 bridgehead atoms. The Kier molecular flexibility index (Phi) is 8.90. The molecule has 0 aliphatic carbocycles. The molecule has 1 atom stereocenters. The highest BCUT2D eigenvalue weighted by Crippen LogP contribution is 2.02. The number of nitrogens with one attached hydrogen (secondary N) is 1. The number of hydrogen-bond acceptors (Lipinski definition) is 3. The zero-order chi connectivity index (χ0) is 12.6. The topological polar surface area (TPSA) is 35.5 Å². The lowest BCUT2D eigenvalue weighted by Gasteiger charge is -2.26. The molecule has 16 heavy (non-hydrogen) atoms. The van der Waals surface area contributed by atoms with Crippen LogP contribution in [-0.2, 0) is 0 Å². The summed E-state index contributed by atoms with van der Waals surface area (Å²) in [6.07, 6.45) is 1.02. The minimum Gasteiger partial charge on any atom is -0.395 e. The van der Waals surface area contributed by atoms with Crippen LogP contribution in [0.15, 0.2) is 0 Å². The van der Waals surface area contributed by atoms with E-state index < -0.39 is 0 Å². The van der Waals surface area contributed by atoms with Gasteiger partial charge in [-0.2, -0.15) is 0 Å². The van der Waals surface area contributed by atoms with Gasteiger partial charge < -0.3 is 15.3 Å². The Morgan fingerprint density at radius 2 is 1.81 bits per heavy atom. The molecular formula is C13H30N2O. The van der Waals surface area contributed by atoms with E-state index in [1.54, 1.807) is 0 Å². The van der Waals surface area contributed by atoms with E-state index in [1.807, 2.05) is 0 Å². The Balaban J connectivity index is 3.87. The van der Waals surface area contributed by atoms with E-state index in [-0.39, 0.29) is 12.6 Å². The Morgan fingerprint density at radius 3 is 2.19 bits per heavy atom. The van der Waals surface area contributed by atoms with Gasteiger partial charge in [-0.05, 0) is 25.4 Å². The van der Waals surface area contributed by atoms with E-state index in [0.29, 0.717) is 12.0 Å². The molecule has 0 fully saturated rings. The summed E-state index contributed by atoms with van der Waals surface area (Å²) < 4.78 is 0. The van der Waals surface area contributed by atoms with Gasteiger partial charge in [0.15, 0.2) is 0 Å². The lowest BCUT2D eigenvalue weighted by Crippen LogP contribution is -2.40. The summed E-state index contributed by atoms with van der Waals surface area (Å²) in [6, 6.07) is 0.679. The fourth-order valence-electron chi connectivity index (χ4n) is 1.93. The molecule has 98 valence electrons. The minimum atomic E-state index is 0.234. The predicted octanol–water partition coefficient (Wildman–Crippen LogP) is 1.71. The van der Waals surface area contributed by atoms with Crippen LogP contribution in [0.1, 0.15) is 41.0 Å². The van der Waals surface area contributed by atoms with Crippen LogP contribution in [0, 0.1) is 5.92 Å². The monoisotopic (exact) mass is 230 g/mol. The molecule has 0 radical (unpaired) electrons. The van der Waals surface area contributed by atoms with E-state index in [1.165, 1.54) is 0 Å². The zero-order valence-corrected chi connectivity index (χ0v) is 11.7. The molecule has 0 aromatic carbocycles. The molecule has 3 nitrogen and oxygen atoms in total. The van der Waals surface area contributed by atoms with E-state index in [4.69, 9.17) is 0 Å². The maximum atomic E-state index is 9.26. The first-order valence-corrected chi connectivity index (χ1v) is 6.58. The molecule has 0 aliphatic rings. The molecule has 0 aromatic rings. The van der Waals surface area contributed by atoms with Gasteiger partial charge in [0.1, 0.15) is 0 Å². The minimum absolute atomic E-state index is 0.234. The van der Waals surface area contributed by atoms with Crippen molar-refractivity contribution in [2.75, 3.05) is 26.2 Å². The Labute approximate surface area is 101 Å². The van der Waals surface area contributed by atoms with Gasteiger partial charge in [-0.25, -0.2) is 0 Å². The molecule has 0 saturated heterocycles. The van der Waals surface area contributed by atoms with Crippen molar-refractivity contribution in [2.45, 2.75) is 53.1 Å². The summed E-state index contributed by atoms with van der Waals surface area (Å²) in [5, 5.41) is 12.6. The first kappa shape index (κ1) is 15.9. The zero-order valence-electron chi connectivity index (χ0n) is 11.7. The molecule has 0 spiro atoms. The highest BCUT2D eigenvalue weighted by Gasteiger charge is 2.11. The van der Waals surface area contributed by atoms with Crippen molar-refractivity contribution in [1.29, 1.82) is 0 Å². The van der Waals surface area contributed by atoms with Crippen LogP contribution in [0.25, 0.3) is 0 Å². The van der Waals surface area contributed by atoms with E-state index in [0.717, 1.165) is 26.1 Å². The molecule has 0 heterocycles. The van der Waals surface area contributed by atoms with Crippen molar-refractivity contribution in [1.82, 2.24) is 10.2 Å². The highest BCUT2D eigenvalue weighted by atomic mass is 16.3. The number of hydrogen-bond donors (Lipinski definition) is 2. The second-order valence-corrected chi connectivity index (χ2v) is 5.28. The van der Waals surface area contributed by atoms with E-state index in [2.05, 4.69) is 44.8 Å². The SMILES string of the molecule is CCN(CCC(CO)NC(C)C)CC(C)C. The van der Waals surface area contributed by atoms with Crippen LogP contribution in [0.4, 0.5) is 0 Å². The standard InChI is InChI=1S/C13H30N2O/c1-6-15(9-11(2)3)8-7-13(10-16)14-12(4)5/h11-14,16H,6-10H2,1-5H3. The second kappa shape index (κ2) is 8.97. The van der Waals surface area contributed by atoms with Crippen molar-refractivity contribution < 1.29 is 5.11 Å². The number of aliphatic hydroxyl groups is 1. The van der Waals surface area contributed by atoms with Crippen molar-refractivity contribution in [3.05, 3.63) is 0 Å². The van der Waals surface area contributed by atoms with Crippen molar-refractivity contribution >= 4 is 0 Å². The van der Waals surface area contributed by atoms with Gasteiger partial charge in [0.25, 0.3) is 0 Å². The second-order valence-electron chi connectivity index (χ2n) is 5.28. The quantitative estimate of drug-likeness (QED) is 0.633. The van der Waals surface area contributed by atoms with E-state index >= 15 is 0 Å². The lowest BCUT2D eigenvalue weighted by molar-refractivity contribution is 0.195. The summed E-state index contributed by atoms with van der Waals surface area (Å²) in [4.78, 5) is 2.45. The highest BCUT2D eigenvalue weighted by molar-refractivity contribution is 4.70. The average molecular weight is 230 g/mol. The van der Waals surface area contributed by atoms with Crippen LogP contribution < -0.4 is 5.32 Å². The van der Waals surface area contributed by atoms with Gasteiger partial charge >= 0.3 is 0 Å². The van der Waals surface area contributed by atoms with Crippen molar-refractivity contribution in [3.63, 3.8) is 0 Å². The first-order chi connectivity index (χ1) is 7.49. The summed E-state index contributed by atoms with van der Waals surface area (Å²) in [5.41, 5.74) is 0. The molecular weight excluding hydrogens is 200 g/mol. The smallest absolute Gasteiger partial charge is 0.0585 e. The van der Waals surface area contributed by atoms with Crippen LogP contribution in [-0.4, -0.2) is 48.3 Å². The Morgan fingerprint density at radius 1 is 1.19 bits per heavy atom. The summed E-state index contributed by atoms with van der Waals surface area (Å²) >= 11 is 0. The first-order valence-electron chi connectivity index (χ1n) is 6.58. The summed E-state index contributed by atoms with van der Waals surface area (Å²) in [7, 11) is 0. The third-order valence-corrected chi connectivity index (χ3v) is 2.65. The van der Waals surface area contributed by atoms with Crippen LogP contribution in [0.3, 0.4) is 0 Å². The molecule has 0 aliphatic heterocycles. The fourth-order valence-corrected chi connectivity index (χ4v) is 1.93. The number of nitrogens with zero attached hydrogens (tertiary/aromatic N) is 1. The number of rotatable bonds is 9. The van der Waals surface area contributed by atoms with E-state index in [9.17, 15) is 5.11 Å². The molecule has 0 rings (SSSR count). The average Bonchev–Trinajstić information content (AvgIpc) is 2.20. The molecule has 1 unspecified atom stereocenters. The Bertz CT molecular complexity index is 142. The van der Waals surface area contributed by atoms with Gasteiger partial charge in [-0.3, -0.25) is 0 Å². The Hall–Kier alpha value is -0.120. The van der Waals surface area contributed by atoms with Crippen LogP contribution >= 0.6 is 0 Å². The largest absolute Gasteiger partial charge is 0.395 e. The molecule has 0 amide bonds. The lowest BCUT2D eigenvalue weighted by atomic mass is 10.1. The van der Waals surface area contributed by atoms with Gasteiger partial charge in [0, 0.05) is 18.6 Å². The summed E-state index contributed by atoms with van der Waals surface area (Å²) in [6.45, 7) is 14.5. The normalized spacial score (nSPS) is 14.1. The van der Waals surface area contributed by atoms with Gasteiger partial charge in [0.2, 0.25) is 0 Å². The van der Waals surface area contributed by atoms with Crippen LogP contribution in [0.5, 0.6) is 0 Å². The van der Waals surface area contributed by atoms with Gasteiger partial charge in [-0.15, -0.1) is 0 Å².